The standard InChI is InChI=1S/C18H14BrNO6/c1-24-16(21)11-5-3-4-8-20(14(11)18(23)25-2)15-12(19)7-6-10-9-26-17(22)13(10)15/h3-8H,9H2,1-2H3. The minimum Gasteiger partial charge on any atom is -0.465 e. The highest BCUT2D eigenvalue weighted by Crippen LogP contribution is 2.39. The van der Waals surface area contributed by atoms with Gasteiger partial charge in [0.25, 0.3) is 0 Å². The van der Waals surface area contributed by atoms with Crippen LogP contribution in [0.15, 0.2) is 52.3 Å². The van der Waals surface area contributed by atoms with Gasteiger partial charge in [0.1, 0.15) is 12.3 Å². The van der Waals surface area contributed by atoms with Crippen molar-refractivity contribution in [2.75, 3.05) is 19.1 Å². The maximum atomic E-state index is 12.5. The Labute approximate surface area is 157 Å². The van der Waals surface area contributed by atoms with Crippen LogP contribution in [0.3, 0.4) is 0 Å². The summed E-state index contributed by atoms with van der Waals surface area (Å²) in [5.41, 5.74) is 1.31. The lowest BCUT2D eigenvalue weighted by atomic mass is 10.1. The van der Waals surface area contributed by atoms with Gasteiger partial charge >= 0.3 is 17.9 Å². The Balaban J connectivity index is 2.30. The molecule has 2 aliphatic heterocycles. The third-order valence-corrected chi connectivity index (χ3v) is 4.55. The molecule has 134 valence electrons. The summed E-state index contributed by atoms with van der Waals surface area (Å²) in [7, 11) is 2.42. The van der Waals surface area contributed by atoms with E-state index in [-0.39, 0.29) is 17.9 Å². The number of esters is 3. The van der Waals surface area contributed by atoms with Crippen LogP contribution in [0.5, 0.6) is 0 Å². The van der Waals surface area contributed by atoms with E-state index in [1.54, 1.807) is 30.5 Å². The predicted molar refractivity (Wildman–Crippen MR) is 95.1 cm³/mol. The van der Waals surface area contributed by atoms with Crippen molar-refractivity contribution in [3.8, 4) is 0 Å². The van der Waals surface area contributed by atoms with Crippen LogP contribution in [-0.2, 0) is 30.4 Å². The van der Waals surface area contributed by atoms with Crippen molar-refractivity contribution in [2.45, 2.75) is 6.61 Å². The lowest BCUT2D eigenvalue weighted by Gasteiger charge is -2.25. The first-order valence-electron chi connectivity index (χ1n) is 7.53. The molecule has 7 nitrogen and oxygen atoms in total. The van der Waals surface area contributed by atoms with Gasteiger partial charge in [-0.05, 0) is 34.1 Å². The number of anilines is 1. The van der Waals surface area contributed by atoms with Crippen molar-refractivity contribution < 1.29 is 28.6 Å². The second-order valence-electron chi connectivity index (χ2n) is 5.32. The van der Waals surface area contributed by atoms with Crippen molar-refractivity contribution in [1.82, 2.24) is 0 Å². The zero-order chi connectivity index (χ0) is 18.8. The Kier molecular flexibility index (Phi) is 4.94. The first-order valence-corrected chi connectivity index (χ1v) is 8.32. The molecule has 0 amide bonds. The zero-order valence-electron chi connectivity index (χ0n) is 13.9. The van der Waals surface area contributed by atoms with Crippen molar-refractivity contribution in [3.63, 3.8) is 0 Å². The molecule has 1 aromatic rings. The topological polar surface area (TPSA) is 82.1 Å². The molecule has 0 saturated carbocycles. The van der Waals surface area contributed by atoms with E-state index in [1.165, 1.54) is 25.2 Å². The number of carbonyl (C=O) groups is 3. The normalized spacial score (nSPS) is 15.5. The highest BCUT2D eigenvalue weighted by atomic mass is 79.9. The largest absolute Gasteiger partial charge is 0.465 e. The van der Waals surface area contributed by atoms with Crippen LogP contribution in [-0.4, -0.2) is 32.1 Å². The van der Waals surface area contributed by atoms with E-state index in [0.29, 0.717) is 21.3 Å². The quantitative estimate of drug-likeness (QED) is 0.549. The molecule has 0 unspecified atom stereocenters. The number of ether oxygens (including phenoxy) is 3. The van der Waals surface area contributed by atoms with Gasteiger partial charge in [0.2, 0.25) is 0 Å². The smallest absolute Gasteiger partial charge is 0.355 e. The van der Waals surface area contributed by atoms with E-state index in [2.05, 4.69) is 15.9 Å². The number of cyclic esters (lactones) is 1. The highest BCUT2D eigenvalue weighted by molar-refractivity contribution is 9.10. The van der Waals surface area contributed by atoms with Crippen molar-refractivity contribution in [1.29, 1.82) is 0 Å². The molecule has 8 heteroatoms. The van der Waals surface area contributed by atoms with Gasteiger partial charge in [-0.15, -0.1) is 0 Å². The molecule has 0 N–H and O–H groups in total. The number of fused-ring (bicyclic) bond motifs is 1. The van der Waals surface area contributed by atoms with E-state index in [0.717, 1.165) is 0 Å². The van der Waals surface area contributed by atoms with Crippen LogP contribution in [0.25, 0.3) is 0 Å². The summed E-state index contributed by atoms with van der Waals surface area (Å²) in [4.78, 5) is 38.4. The van der Waals surface area contributed by atoms with Gasteiger partial charge in [0.05, 0.1) is 31.0 Å². The van der Waals surface area contributed by atoms with Crippen molar-refractivity contribution >= 4 is 39.5 Å². The van der Waals surface area contributed by atoms with E-state index in [4.69, 9.17) is 14.2 Å². The Morgan fingerprint density at radius 2 is 1.88 bits per heavy atom. The lowest BCUT2D eigenvalue weighted by molar-refractivity contribution is -0.139. The number of allylic oxidation sites excluding steroid dienone is 2. The van der Waals surface area contributed by atoms with Gasteiger partial charge in [-0.25, -0.2) is 14.4 Å². The fourth-order valence-corrected chi connectivity index (χ4v) is 3.26. The van der Waals surface area contributed by atoms with Crippen LogP contribution >= 0.6 is 15.9 Å². The van der Waals surface area contributed by atoms with E-state index >= 15 is 0 Å². The number of hydrogen-bond acceptors (Lipinski definition) is 7. The Morgan fingerprint density at radius 3 is 2.58 bits per heavy atom. The zero-order valence-corrected chi connectivity index (χ0v) is 15.5. The monoisotopic (exact) mass is 419 g/mol. The summed E-state index contributed by atoms with van der Waals surface area (Å²) >= 11 is 3.42. The van der Waals surface area contributed by atoms with Crippen molar-refractivity contribution in [3.05, 3.63) is 63.4 Å². The molecule has 0 spiro atoms. The number of hydrogen-bond donors (Lipinski definition) is 0. The van der Waals surface area contributed by atoms with Crippen LogP contribution < -0.4 is 4.90 Å². The Hall–Kier alpha value is -2.87. The molecular formula is C18H14BrNO6. The highest BCUT2D eigenvalue weighted by Gasteiger charge is 2.34. The number of nitrogens with zero attached hydrogens (tertiary/aromatic N) is 1. The fraction of sp³-hybridized carbons (Fsp3) is 0.167. The van der Waals surface area contributed by atoms with E-state index < -0.39 is 17.9 Å². The third kappa shape index (κ3) is 2.92. The minimum atomic E-state index is -0.752. The Bertz CT molecular complexity index is 899. The van der Waals surface area contributed by atoms with Crippen LogP contribution in [0.4, 0.5) is 5.69 Å². The first-order chi connectivity index (χ1) is 12.5. The van der Waals surface area contributed by atoms with E-state index in [9.17, 15) is 14.4 Å². The lowest BCUT2D eigenvalue weighted by Crippen LogP contribution is -2.28. The number of carbonyl (C=O) groups excluding carboxylic acids is 3. The summed E-state index contributed by atoms with van der Waals surface area (Å²) in [5.74, 6) is -1.97. The Morgan fingerprint density at radius 1 is 1.15 bits per heavy atom. The molecule has 0 fully saturated rings. The molecule has 0 aromatic heterocycles. The molecule has 3 rings (SSSR count). The van der Waals surface area contributed by atoms with E-state index in [1.807, 2.05) is 0 Å². The van der Waals surface area contributed by atoms with Gasteiger partial charge in [0, 0.05) is 16.2 Å². The van der Waals surface area contributed by atoms with Gasteiger partial charge in [-0.3, -0.25) is 0 Å². The summed E-state index contributed by atoms with van der Waals surface area (Å²) in [6.45, 7) is 0.144. The molecule has 0 radical (unpaired) electrons. The number of halogens is 1. The van der Waals surface area contributed by atoms with Crippen molar-refractivity contribution in [2.24, 2.45) is 0 Å². The number of rotatable bonds is 3. The van der Waals surface area contributed by atoms with Crippen LogP contribution in [0.1, 0.15) is 15.9 Å². The van der Waals surface area contributed by atoms with Gasteiger partial charge in [-0.2, -0.15) is 0 Å². The molecule has 2 heterocycles. The summed E-state index contributed by atoms with van der Waals surface area (Å²) < 4.78 is 15.3. The molecule has 0 saturated heterocycles. The molecule has 1 aromatic carbocycles. The first kappa shape index (κ1) is 17.9. The molecule has 0 atom stereocenters. The van der Waals surface area contributed by atoms with Crippen LogP contribution in [0.2, 0.25) is 0 Å². The number of benzene rings is 1. The SMILES string of the molecule is COC(=O)C1=C(C(=O)OC)N(c2c(Br)ccc3c2C(=O)OC3)C=CC=C1. The molecule has 2 aliphatic rings. The van der Waals surface area contributed by atoms with Gasteiger partial charge in [-0.1, -0.05) is 12.1 Å². The second-order valence-corrected chi connectivity index (χ2v) is 6.18. The minimum absolute atomic E-state index is 0.000201. The summed E-state index contributed by atoms with van der Waals surface area (Å²) in [5, 5.41) is 0. The molecular weight excluding hydrogens is 406 g/mol. The molecule has 0 bridgehead atoms. The predicted octanol–water partition coefficient (Wildman–Crippen LogP) is 2.61. The molecule has 26 heavy (non-hydrogen) atoms. The maximum Gasteiger partial charge on any atom is 0.355 e. The summed E-state index contributed by atoms with van der Waals surface area (Å²) in [6, 6.07) is 3.51. The van der Waals surface area contributed by atoms with Gasteiger partial charge < -0.3 is 19.1 Å². The maximum absolute atomic E-state index is 12.5. The third-order valence-electron chi connectivity index (χ3n) is 3.91. The second kappa shape index (κ2) is 7.17. The van der Waals surface area contributed by atoms with Gasteiger partial charge in [0.15, 0.2) is 0 Å². The summed E-state index contributed by atoms with van der Waals surface area (Å²) in [6.07, 6.45) is 6.23. The molecule has 0 aliphatic carbocycles. The average Bonchev–Trinajstić information content (AvgIpc) is 2.89. The fourth-order valence-electron chi connectivity index (χ4n) is 2.74. The van der Waals surface area contributed by atoms with Crippen LogP contribution in [0, 0.1) is 0 Å². The number of methoxy groups -OCH3 is 2. The average molecular weight is 420 g/mol.